The van der Waals surface area contributed by atoms with E-state index < -0.39 is 11.7 Å². The molecule has 0 aliphatic rings. The Bertz CT molecular complexity index is 638. The third-order valence-corrected chi connectivity index (χ3v) is 4.61. The molecule has 2 aromatic rings. The molecule has 2 nitrogen and oxygen atoms in total. The maximum absolute atomic E-state index is 13.2. The van der Waals surface area contributed by atoms with E-state index in [4.69, 9.17) is 5.73 Å². The zero-order valence-electron chi connectivity index (χ0n) is 11.3. The Morgan fingerprint density at radius 1 is 1.33 bits per heavy atom. The van der Waals surface area contributed by atoms with Crippen molar-refractivity contribution in [3.63, 3.8) is 0 Å². The minimum absolute atomic E-state index is 0.104. The predicted octanol–water partition coefficient (Wildman–Crippen LogP) is 5.00. The molecule has 2 rings (SSSR count). The highest BCUT2D eigenvalue weighted by Crippen LogP contribution is 2.40. The second-order valence-corrected chi connectivity index (χ2v) is 6.53. The van der Waals surface area contributed by atoms with Crippen LogP contribution < -0.4 is 5.73 Å². The van der Waals surface area contributed by atoms with Crippen LogP contribution in [-0.4, -0.2) is 4.98 Å². The lowest BCUT2D eigenvalue weighted by Gasteiger charge is -2.11. The summed E-state index contributed by atoms with van der Waals surface area (Å²) in [6.07, 6.45) is -2.82. The van der Waals surface area contributed by atoms with Crippen LogP contribution in [0.1, 0.15) is 29.5 Å². The first-order chi connectivity index (χ1) is 9.86. The minimum Gasteiger partial charge on any atom is -0.326 e. The van der Waals surface area contributed by atoms with Crippen LogP contribution in [0.15, 0.2) is 22.7 Å². The molecule has 114 valence electrons. The Labute approximate surface area is 133 Å². The number of alkyl halides is 3. The number of nitrogens with two attached hydrogens (primary N) is 1. The normalized spacial score (nSPS) is 11.9. The zero-order chi connectivity index (χ0) is 15.6. The summed E-state index contributed by atoms with van der Waals surface area (Å²) in [6, 6.07) is 4.12. The maximum Gasteiger partial charge on any atom is 0.417 e. The second kappa shape index (κ2) is 6.46. The van der Waals surface area contributed by atoms with Crippen molar-refractivity contribution in [3.8, 4) is 10.6 Å². The van der Waals surface area contributed by atoms with Crippen LogP contribution in [0.3, 0.4) is 0 Å². The number of nitrogens with zero attached hydrogens (tertiary/aromatic N) is 1. The van der Waals surface area contributed by atoms with Crippen LogP contribution in [0, 0.1) is 0 Å². The van der Waals surface area contributed by atoms with Gasteiger partial charge in [-0.15, -0.1) is 11.3 Å². The lowest BCUT2D eigenvalue weighted by atomic mass is 10.1. The molecule has 0 bridgehead atoms. The number of rotatable bonds is 4. The Morgan fingerprint density at radius 2 is 2.05 bits per heavy atom. The molecule has 0 fully saturated rings. The number of aromatic nitrogens is 1. The fourth-order valence-electron chi connectivity index (χ4n) is 2.03. The number of benzene rings is 1. The SMILES string of the molecule is CCCc1nc(-c2ccc(Br)cc2C(F)(F)F)sc1CN. The van der Waals surface area contributed by atoms with Gasteiger partial charge in [-0.25, -0.2) is 4.98 Å². The van der Waals surface area contributed by atoms with Crippen LogP contribution in [-0.2, 0) is 19.1 Å². The average molecular weight is 379 g/mol. The van der Waals surface area contributed by atoms with Crippen LogP contribution in [0.25, 0.3) is 10.6 Å². The molecule has 7 heteroatoms. The van der Waals surface area contributed by atoms with Crippen molar-refractivity contribution in [3.05, 3.63) is 38.8 Å². The monoisotopic (exact) mass is 378 g/mol. The van der Waals surface area contributed by atoms with Crippen molar-refractivity contribution in [2.24, 2.45) is 5.73 Å². The third kappa shape index (κ3) is 3.64. The van der Waals surface area contributed by atoms with Crippen LogP contribution >= 0.6 is 27.3 Å². The highest BCUT2D eigenvalue weighted by Gasteiger charge is 2.34. The lowest BCUT2D eigenvalue weighted by Crippen LogP contribution is -2.07. The number of halogens is 4. The molecule has 0 spiro atoms. The molecular weight excluding hydrogens is 365 g/mol. The van der Waals surface area contributed by atoms with Crippen LogP contribution in [0.5, 0.6) is 0 Å². The van der Waals surface area contributed by atoms with Crippen molar-refractivity contribution in [2.75, 3.05) is 0 Å². The van der Waals surface area contributed by atoms with Gasteiger partial charge < -0.3 is 5.73 Å². The van der Waals surface area contributed by atoms with Crippen molar-refractivity contribution >= 4 is 27.3 Å². The fourth-order valence-corrected chi connectivity index (χ4v) is 3.41. The summed E-state index contributed by atoms with van der Waals surface area (Å²) >= 11 is 4.32. The standard InChI is InChI=1S/C14H14BrF3N2S/c1-2-3-11-12(7-19)21-13(20-11)9-5-4-8(15)6-10(9)14(16,17)18/h4-6H,2-3,7,19H2,1H3. The maximum atomic E-state index is 13.2. The van der Waals surface area contributed by atoms with E-state index in [9.17, 15) is 13.2 Å². The molecule has 0 aliphatic heterocycles. The van der Waals surface area contributed by atoms with Gasteiger partial charge in [0.05, 0.1) is 11.3 Å². The van der Waals surface area contributed by atoms with E-state index in [1.54, 1.807) is 6.07 Å². The van der Waals surface area contributed by atoms with E-state index >= 15 is 0 Å². The minimum atomic E-state index is -4.42. The smallest absolute Gasteiger partial charge is 0.326 e. The molecule has 1 aromatic heterocycles. The van der Waals surface area contributed by atoms with Crippen LogP contribution in [0.4, 0.5) is 13.2 Å². The fraction of sp³-hybridized carbons (Fsp3) is 0.357. The van der Waals surface area contributed by atoms with E-state index in [-0.39, 0.29) is 5.56 Å². The number of hydrogen-bond acceptors (Lipinski definition) is 3. The summed E-state index contributed by atoms with van der Waals surface area (Å²) in [5.74, 6) is 0. The molecule has 0 atom stereocenters. The summed E-state index contributed by atoms with van der Waals surface area (Å²) in [6.45, 7) is 2.30. The molecule has 1 aromatic carbocycles. The molecule has 0 aliphatic carbocycles. The Kier molecular flexibility index (Phi) is 5.06. The zero-order valence-corrected chi connectivity index (χ0v) is 13.7. The topological polar surface area (TPSA) is 38.9 Å². The summed E-state index contributed by atoms with van der Waals surface area (Å²) < 4.78 is 39.9. The molecular formula is C14H14BrF3N2S. The van der Waals surface area contributed by atoms with Gasteiger partial charge in [-0.3, -0.25) is 0 Å². The number of thiazole rings is 1. The summed E-state index contributed by atoms with van der Waals surface area (Å²) in [5, 5.41) is 0.374. The average Bonchev–Trinajstić information content (AvgIpc) is 2.81. The summed E-state index contributed by atoms with van der Waals surface area (Å²) in [5.41, 5.74) is 5.88. The van der Waals surface area contributed by atoms with Gasteiger partial charge in [-0.2, -0.15) is 13.2 Å². The Balaban J connectivity index is 2.56. The first kappa shape index (κ1) is 16.5. The van der Waals surface area contributed by atoms with Crippen LogP contribution in [0.2, 0.25) is 0 Å². The van der Waals surface area contributed by atoms with Gasteiger partial charge in [-0.05, 0) is 18.6 Å². The first-order valence-corrected chi connectivity index (χ1v) is 8.03. The Hall–Kier alpha value is -0.920. The largest absolute Gasteiger partial charge is 0.417 e. The molecule has 0 saturated carbocycles. The highest BCUT2D eigenvalue weighted by atomic mass is 79.9. The van der Waals surface area contributed by atoms with Gasteiger partial charge in [0.25, 0.3) is 0 Å². The van der Waals surface area contributed by atoms with E-state index in [0.717, 1.165) is 29.5 Å². The van der Waals surface area contributed by atoms with Crippen molar-refractivity contribution < 1.29 is 13.2 Å². The molecule has 1 heterocycles. The highest BCUT2D eigenvalue weighted by molar-refractivity contribution is 9.10. The van der Waals surface area contributed by atoms with E-state index in [1.807, 2.05) is 6.92 Å². The first-order valence-electron chi connectivity index (χ1n) is 6.42. The molecule has 0 amide bonds. The van der Waals surface area contributed by atoms with Crippen molar-refractivity contribution in [1.29, 1.82) is 0 Å². The van der Waals surface area contributed by atoms with Gasteiger partial charge in [-0.1, -0.05) is 35.3 Å². The molecule has 0 radical (unpaired) electrons. The van der Waals surface area contributed by atoms with E-state index in [0.29, 0.717) is 16.0 Å². The molecule has 0 unspecified atom stereocenters. The van der Waals surface area contributed by atoms with Gasteiger partial charge >= 0.3 is 6.18 Å². The number of hydrogen-bond donors (Lipinski definition) is 1. The quantitative estimate of drug-likeness (QED) is 0.812. The summed E-state index contributed by atoms with van der Waals surface area (Å²) in [7, 11) is 0. The molecule has 2 N–H and O–H groups in total. The molecule has 0 saturated heterocycles. The van der Waals surface area contributed by atoms with Crippen molar-refractivity contribution in [1.82, 2.24) is 4.98 Å². The second-order valence-electron chi connectivity index (χ2n) is 4.53. The van der Waals surface area contributed by atoms with Crippen molar-refractivity contribution in [2.45, 2.75) is 32.5 Å². The lowest BCUT2D eigenvalue weighted by molar-refractivity contribution is -0.137. The Morgan fingerprint density at radius 3 is 2.62 bits per heavy atom. The van der Waals surface area contributed by atoms with Gasteiger partial charge in [0.15, 0.2) is 0 Å². The molecule has 21 heavy (non-hydrogen) atoms. The van der Waals surface area contributed by atoms with E-state index in [1.165, 1.54) is 17.4 Å². The van der Waals surface area contributed by atoms with E-state index in [2.05, 4.69) is 20.9 Å². The summed E-state index contributed by atoms with van der Waals surface area (Å²) in [4.78, 5) is 5.22. The predicted molar refractivity (Wildman–Crippen MR) is 82.1 cm³/mol. The van der Waals surface area contributed by atoms with Gasteiger partial charge in [0.2, 0.25) is 0 Å². The third-order valence-electron chi connectivity index (χ3n) is 2.97. The van der Waals surface area contributed by atoms with Gasteiger partial charge in [0, 0.05) is 21.5 Å². The number of aryl methyl sites for hydroxylation is 1. The van der Waals surface area contributed by atoms with Gasteiger partial charge in [0.1, 0.15) is 5.01 Å².